The molecule has 2 aromatic carbocycles. The number of piperazine rings is 1. The first-order valence-corrected chi connectivity index (χ1v) is 11.0. The zero-order valence-electron chi connectivity index (χ0n) is 18.1. The monoisotopic (exact) mass is 407 g/mol. The number of aliphatic hydroxyl groups excluding tert-OH is 1. The molecule has 0 aliphatic carbocycles. The summed E-state index contributed by atoms with van der Waals surface area (Å²) in [4.78, 5) is 5.06. The molecule has 0 unspecified atom stereocenters. The van der Waals surface area contributed by atoms with Gasteiger partial charge in [0, 0.05) is 69.5 Å². The van der Waals surface area contributed by atoms with Crippen molar-refractivity contribution in [2.24, 2.45) is 7.05 Å². The summed E-state index contributed by atoms with van der Waals surface area (Å²) in [6.07, 6.45) is 3.07. The van der Waals surface area contributed by atoms with Crippen LogP contribution in [0.2, 0.25) is 0 Å². The van der Waals surface area contributed by atoms with Crippen LogP contribution >= 0.6 is 0 Å². The fourth-order valence-electron chi connectivity index (χ4n) is 4.62. The van der Waals surface area contributed by atoms with E-state index in [0.717, 1.165) is 44.9 Å². The molecule has 30 heavy (non-hydrogen) atoms. The lowest BCUT2D eigenvalue weighted by atomic mass is 10.1. The maximum Gasteiger partial charge on any atom is 0.119 e. The summed E-state index contributed by atoms with van der Waals surface area (Å²) in [6.45, 7) is 7.85. The highest BCUT2D eigenvalue weighted by Gasteiger charge is 2.27. The van der Waals surface area contributed by atoms with E-state index >= 15 is 0 Å². The van der Waals surface area contributed by atoms with Crippen molar-refractivity contribution in [3.05, 3.63) is 65.9 Å². The molecule has 0 spiro atoms. The minimum atomic E-state index is 0.229. The van der Waals surface area contributed by atoms with E-state index in [4.69, 9.17) is 4.74 Å². The molecule has 1 atom stereocenters. The lowest BCUT2D eigenvalue weighted by Gasteiger charge is -2.41. The number of benzene rings is 2. The third-order valence-electron chi connectivity index (χ3n) is 6.14. The minimum Gasteiger partial charge on any atom is -0.494 e. The third-order valence-corrected chi connectivity index (χ3v) is 6.14. The smallest absolute Gasteiger partial charge is 0.119 e. The molecule has 0 amide bonds. The molecule has 1 aromatic heterocycles. The normalized spacial score (nSPS) is 18.2. The van der Waals surface area contributed by atoms with Crippen molar-refractivity contribution < 1.29 is 9.84 Å². The molecule has 2 heterocycles. The Balaban J connectivity index is 1.42. The molecule has 1 aliphatic rings. The number of nitrogens with zero attached hydrogens (tertiary/aromatic N) is 3. The first-order chi connectivity index (χ1) is 14.7. The summed E-state index contributed by atoms with van der Waals surface area (Å²) >= 11 is 0. The quantitative estimate of drug-likeness (QED) is 0.619. The van der Waals surface area contributed by atoms with Crippen LogP contribution in [0.5, 0.6) is 5.75 Å². The molecule has 4 rings (SSSR count). The fraction of sp³-hybridized carbons (Fsp3) is 0.440. The summed E-state index contributed by atoms with van der Waals surface area (Å²) in [6, 6.07) is 17.4. The van der Waals surface area contributed by atoms with Gasteiger partial charge in [-0.3, -0.25) is 9.80 Å². The Morgan fingerprint density at radius 2 is 1.83 bits per heavy atom. The van der Waals surface area contributed by atoms with E-state index in [0.29, 0.717) is 12.6 Å². The standard InChI is InChI=1S/C25H33N3O2/c1-3-30-23-10-8-20(9-11-23)16-28-14-13-27(19-22(28)12-15-29)18-21-17-26(2)25-7-5-4-6-24(21)25/h4-11,17,22,29H,3,12-16,18-19H2,1-2H3/t22-/m1/s1. The van der Waals surface area contributed by atoms with E-state index < -0.39 is 0 Å². The summed E-state index contributed by atoms with van der Waals surface area (Å²) in [5.74, 6) is 0.924. The highest BCUT2D eigenvalue weighted by Crippen LogP contribution is 2.24. The number of aliphatic hydroxyl groups is 1. The molecule has 5 nitrogen and oxygen atoms in total. The highest BCUT2D eigenvalue weighted by atomic mass is 16.5. The number of rotatable bonds is 8. The van der Waals surface area contributed by atoms with E-state index in [1.165, 1.54) is 22.0 Å². The molecule has 1 aliphatic heterocycles. The van der Waals surface area contributed by atoms with Crippen molar-refractivity contribution in [2.75, 3.05) is 32.8 Å². The van der Waals surface area contributed by atoms with Crippen LogP contribution in [0.15, 0.2) is 54.7 Å². The van der Waals surface area contributed by atoms with Crippen LogP contribution in [0.1, 0.15) is 24.5 Å². The van der Waals surface area contributed by atoms with Gasteiger partial charge in [0.15, 0.2) is 0 Å². The van der Waals surface area contributed by atoms with Gasteiger partial charge in [0.2, 0.25) is 0 Å². The van der Waals surface area contributed by atoms with Gasteiger partial charge in [-0.05, 0) is 42.7 Å². The van der Waals surface area contributed by atoms with Crippen LogP contribution in [0, 0.1) is 0 Å². The van der Waals surface area contributed by atoms with Gasteiger partial charge in [0.05, 0.1) is 6.61 Å². The molecular weight excluding hydrogens is 374 g/mol. The highest BCUT2D eigenvalue weighted by molar-refractivity contribution is 5.83. The number of aryl methyl sites for hydroxylation is 1. The predicted octanol–water partition coefficient (Wildman–Crippen LogP) is 3.65. The summed E-state index contributed by atoms with van der Waals surface area (Å²) in [7, 11) is 2.12. The number of hydrogen-bond donors (Lipinski definition) is 1. The van der Waals surface area contributed by atoms with Crippen LogP contribution in [-0.4, -0.2) is 58.4 Å². The summed E-state index contributed by atoms with van der Waals surface area (Å²) in [5, 5.41) is 11.0. The van der Waals surface area contributed by atoms with E-state index in [1.54, 1.807) is 0 Å². The second kappa shape index (κ2) is 9.65. The number of fused-ring (bicyclic) bond motifs is 1. The molecular formula is C25H33N3O2. The van der Waals surface area contributed by atoms with Gasteiger partial charge in [0.25, 0.3) is 0 Å². The first kappa shape index (κ1) is 20.9. The van der Waals surface area contributed by atoms with Gasteiger partial charge >= 0.3 is 0 Å². The van der Waals surface area contributed by atoms with Crippen molar-refractivity contribution in [1.29, 1.82) is 0 Å². The third kappa shape index (κ3) is 4.69. The Bertz CT molecular complexity index is 951. The predicted molar refractivity (Wildman–Crippen MR) is 122 cm³/mol. The molecule has 0 radical (unpaired) electrons. The van der Waals surface area contributed by atoms with E-state index in [9.17, 15) is 5.11 Å². The van der Waals surface area contributed by atoms with Gasteiger partial charge in [-0.2, -0.15) is 0 Å². The minimum absolute atomic E-state index is 0.229. The molecule has 1 saturated heterocycles. The van der Waals surface area contributed by atoms with Gasteiger partial charge in [-0.1, -0.05) is 30.3 Å². The second-order valence-electron chi connectivity index (χ2n) is 8.23. The Labute approximate surface area is 179 Å². The van der Waals surface area contributed by atoms with Gasteiger partial charge in [0.1, 0.15) is 5.75 Å². The molecule has 0 bridgehead atoms. The van der Waals surface area contributed by atoms with Gasteiger partial charge < -0.3 is 14.4 Å². The Morgan fingerprint density at radius 1 is 1.03 bits per heavy atom. The van der Waals surface area contributed by atoms with Crippen LogP contribution < -0.4 is 4.74 Å². The van der Waals surface area contributed by atoms with Crippen molar-refractivity contribution in [3.8, 4) is 5.75 Å². The molecule has 0 saturated carbocycles. The lowest BCUT2D eigenvalue weighted by molar-refractivity contribution is 0.0501. The Hall–Kier alpha value is -2.34. The topological polar surface area (TPSA) is 40.9 Å². The second-order valence-corrected chi connectivity index (χ2v) is 8.23. The number of para-hydroxylation sites is 1. The summed E-state index contributed by atoms with van der Waals surface area (Å²) in [5.41, 5.74) is 3.97. The van der Waals surface area contributed by atoms with Gasteiger partial charge in [-0.15, -0.1) is 0 Å². The van der Waals surface area contributed by atoms with Crippen LogP contribution in [0.3, 0.4) is 0 Å². The van der Waals surface area contributed by atoms with E-state index in [1.807, 2.05) is 6.92 Å². The fourth-order valence-corrected chi connectivity index (χ4v) is 4.62. The zero-order valence-corrected chi connectivity index (χ0v) is 18.1. The van der Waals surface area contributed by atoms with Crippen molar-refractivity contribution in [3.63, 3.8) is 0 Å². The Morgan fingerprint density at radius 3 is 2.60 bits per heavy atom. The zero-order chi connectivity index (χ0) is 20.9. The molecule has 3 aromatic rings. The number of ether oxygens (including phenoxy) is 1. The maximum atomic E-state index is 9.65. The van der Waals surface area contributed by atoms with Gasteiger partial charge in [-0.25, -0.2) is 0 Å². The first-order valence-electron chi connectivity index (χ1n) is 11.0. The molecule has 160 valence electrons. The lowest BCUT2D eigenvalue weighted by Crippen LogP contribution is -2.52. The van der Waals surface area contributed by atoms with E-state index in [2.05, 4.69) is 76.1 Å². The SMILES string of the molecule is CCOc1ccc(CN2CCN(Cc3cn(C)c4ccccc34)C[C@H]2CCO)cc1. The van der Waals surface area contributed by atoms with Crippen LogP contribution in [0.25, 0.3) is 10.9 Å². The van der Waals surface area contributed by atoms with Crippen LogP contribution in [0.4, 0.5) is 0 Å². The van der Waals surface area contributed by atoms with Crippen molar-refractivity contribution in [1.82, 2.24) is 14.4 Å². The largest absolute Gasteiger partial charge is 0.494 e. The maximum absolute atomic E-state index is 9.65. The average molecular weight is 408 g/mol. The number of aromatic nitrogens is 1. The molecule has 1 fully saturated rings. The van der Waals surface area contributed by atoms with Crippen molar-refractivity contribution >= 4 is 10.9 Å². The number of hydrogen-bond acceptors (Lipinski definition) is 4. The molecule has 1 N–H and O–H groups in total. The summed E-state index contributed by atoms with van der Waals surface area (Å²) < 4.78 is 7.78. The Kier molecular flexibility index (Phi) is 6.72. The molecule has 5 heteroatoms. The van der Waals surface area contributed by atoms with Crippen molar-refractivity contribution in [2.45, 2.75) is 32.5 Å². The van der Waals surface area contributed by atoms with Crippen LogP contribution in [-0.2, 0) is 20.1 Å². The van der Waals surface area contributed by atoms with E-state index in [-0.39, 0.29) is 6.61 Å². The average Bonchev–Trinajstić information content (AvgIpc) is 3.07.